The van der Waals surface area contributed by atoms with Crippen LogP contribution < -0.4 is 4.74 Å². The number of aryl methyl sites for hydroxylation is 1. The summed E-state index contributed by atoms with van der Waals surface area (Å²) >= 11 is 0. The molecule has 0 radical (unpaired) electrons. The molecule has 0 aliphatic carbocycles. The summed E-state index contributed by atoms with van der Waals surface area (Å²) in [6.07, 6.45) is 1.24. The number of esters is 2. The van der Waals surface area contributed by atoms with Gasteiger partial charge in [0.15, 0.2) is 5.92 Å². The van der Waals surface area contributed by atoms with Gasteiger partial charge in [-0.05, 0) is 30.7 Å². The van der Waals surface area contributed by atoms with Crippen molar-refractivity contribution < 1.29 is 23.8 Å². The lowest BCUT2D eigenvalue weighted by molar-refractivity contribution is -0.235. The van der Waals surface area contributed by atoms with E-state index in [1.54, 1.807) is 25.3 Å². The van der Waals surface area contributed by atoms with Crippen LogP contribution in [0, 0.1) is 12.8 Å². The Morgan fingerprint density at radius 3 is 2.38 bits per heavy atom. The molecule has 1 heterocycles. The fourth-order valence-corrected chi connectivity index (χ4v) is 1.95. The lowest BCUT2D eigenvalue weighted by Gasteiger charge is -2.31. The third-order valence-corrected chi connectivity index (χ3v) is 2.95. The first kappa shape index (κ1) is 15.0. The molecule has 0 N–H and O–H groups in total. The van der Waals surface area contributed by atoms with Crippen molar-refractivity contribution in [3.63, 3.8) is 0 Å². The van der Waals surface area contributed by atoms with Crippen molar-refractivity contribution in [1.82, 2.24) is 0 Å². The molecule has 1 aromatic rings. The Hall–Kier alpha value is -2.37. The van der Waals surface area contributed by atoms with Gasteiger partial charge >= 0.3 is 11.9 Å². The summed E-state index contributed by atoms with van der Waals surface area (Å²) < 4.78 is 15.2. The number of cyclic esters (lactones) is 2. The number of methoxy groups -OCH3 is 1. The molecule has 1 aromatic carbocycles. The summed E-state index contributed by atoms with van der Waals surface area (Å²) in [7, 11) is 1.58. The minimum atomic E-state index is -1.23. The minimum Gasteiger partial charge on any atom is -0.496 e. The average Bonchev–Trinajstić information content (AvgIpc) is 2.36. The van der Waals surface area contributed by atoms with Gasteiger partial charge in [-0.1, -0.05) is 0 Å². The molecule has 6 heteroatoms. The predicted molar refractivity (Wildman–Crippen MR) is 75.6 cm³/mol. The van der Waals surface area contributed by atoms with E-state index in [-0.39, 0.29) is 0 Å². The molecular formula is C15H17NO5. The molecule has 0 unspecified atom stereocenters. The Bertz CT molecular complexity index is 586. The molecule has 0 spiro atoms. The summed E-state index contributed by atoms with van der Waals surface area (Å²) in [5, 5.41) is 0. The van der Waals surface area contributed by atoms with Crippen LogP contribution in [0.15, 0.2) is 23.2 Å². The van der Waals surface area contributed by atoms with E-state index in [9.17, 15) is 9.59 Å². The number of benzene rings is 1. The Morgan fingerprint density at radius 1 is 1.24 bits per heavy atom. The highest BCUT2D eigenvalue weighted by atomic mass is 16.7. The highest BCUT2D eigenvalue weighted by Crippen LogP contribution is 2.25. The van der Waals surface area contributed by atoms with Crippen molar-refractivity contribution in [3.8, 4) is 5.75 Å². The van der Waals surface area contributed by atoms with Crippen LogP contribution in [0.25, 0.3) is 0 Å². The van der Waals surface area contributed by atoms with E-state index >= 15 is 0 Å². The number of hydrogen-bond donors (Lipinski definition) is 0. The summed E-state index contributed by atoms with van der Waals surface area (Å²) in [6, 6.07) is 5.28. The molecule has 1 aliphatic rings. The van der Waals surface area contributed by atoms with Crippen LogP contribution in [0.2, 0.25) is 0 Å². The Labute approximate surface area is 122 Å². The SMILES string of the molecule is COc1ccc(N=CC2C(=O)OC(C)(C)OC2=O)cc1C. The Balaban J connectivity index is 2.16. The standard InChI is InChI=1S/C15H17NO5/c1-9-7-10(5-6-12(9)19-4)16-8-11-13(17)20-15(2,3)21-14(11)18/h5-8,11H,1-4H3. The Kier molecular flexibility index (Phi) is 3.97. The molecule has 0 bridgehead atoms. The molecule has 0 aromatic heterocycles. The van der Waals surface area contributed by atoms with Crippen LogP contribution >= 0.6 is 0 Å². The second-order valence-electron chi connectivity index (χ2n) is 5.15. The second-order valence-corrected chi connectivity index (χ2v) is 5.15. The average molecular weight is 291 g/mol. The maximum Gasteiger partial charge on any atom is 0.329 e. The fraction of sp³-hybridized carbons (Fsp3) is 0.400. The van der Waals surface area contributed by atoms with Gasteiger partial charge in [0.05, 0.1) is 12.8 Å². The van der Waals surface area contributed by atoms with Crippen LogP contribution in [0.4, 0.5) is 5.69 Å². The van der Waals surface area contributed by atoms with Crippen molar-refractivity contribution >= 4 is 23.8 Å². The zero-order valence-corrected chi connectivity index (χ0v) is 12.4. The van der Waals surface area contributed by atoms with Gasteiger partial charge in [-0.3, -0.25) is 14.6 Å². The molecule has 6 nitrogen and oxygen atoms in total. The summed E-state index contributed by atoms with van der Waals surface area (Å²) in [6.45, 7) is 4.88. The van der Waals surface area contributed by atoms with E-state index < -0.39 is 23.6 Å². The van der Waals surface area contributed by atoms with Gasteiger partial charge in [0.25, 0.3) is 5.79 Å². The number of ether oxygens (including phenoxy) is 3. The van der Waals surface area contributed by atoms with Crippen molar-refractivity contribution in [2.45, 2.75) is 26.6 Å². The van der Waals surface area contributed by atoms with E-state index in [0.29, 0.717) is 5.69 Å². The Morgan fingerprint density at radius 2 is 1.86 bits per heavy atom. The maximum atomic E-state index is 11.8. The zero-order valence-electron chi connectivity index (χ0n) is 12.4. The van der Waals surface area contributed by atoms with Crippen LogP contribution in [0.3, 0.4) is 0 Å². The van der Waals surface area contributed by atoms with Crippen LogP contribution in [-0.2, 0) is 19.1 Å². The summed E-state index contributed by atoms with van der Waals surface area (Å²) in [4.78, 5) is 27.7. The monoisotopic (exact) mass is 291 g/mol. The number of hydrogen-bond acceptors (Lipinski definition) is 6. The molecule has 0 atom stereocenters. The van der Waals surface area contributed by atoms with Gasteiger partial charge in [0.2, 0.25) is 0 Å². The van der Waals surface area contributed by atoms with E-state index in [1.165, 1.54) is 20.1 Å². The molecule has 0 amide bonds. The van der Waals surface area contributed by atoms with Crippen molar-refractivity contribution in [3.05, 3.63) is 23.8 Å². The van der Waals surface area contributed by atoms with E-state index in [4.69, 9.17) is 14.2 Å². The molecule has 112 valence electrons. The van der Waals surface area contributed by atoms with Gasteiger partial charge in [-0.25, -0.2) is 0 Å². The number of carbonyl (C=O) groups excluding carboxylic acids is 2. The molecule has 0 saturated carbocycles. The topological polar surface area (TPSA) is 74.2 Å². The predicted octanol–water partition coefficient (Wildman–Crippen LogP) is 2.16. The summed E-state index contributed by atoms with van der Waals surface area (Å²) in [5.41, 5.74) is 1.51. The highest BCUT2D eigenvalue weighted by Gasteiger charge is 2.42. The van der Waals surface area contributed by atoms with Gasteiger partial charge < -0.3 is 14.2 Å². The first-order valence-corrected chi connectivity index (χ1v) is 6.47. The molecule has 1 fully saturated rings. The number of nitrogens with zero attached hydrogens (tertiary/aromatic N) is 1. The smallest absolute Gasteiger partial charge is 0.329 e. The molecule has 1 aliphatic heterocycles. The van der Waals surface area contributed by atoms with Crippen molar-refractivity contribution in [2.75, 3.05) is 7.11 Å². The largest absolute Gasteiger partial charge is 0.496 e. The van der Waals surface area contributed by atoms with Gasteiger partial charge in [-0.15, -0.1) is 0 Å². The molecule has 2 rings (SSSR count). The highest BCUT2D eigenvalue weighted by molar-refractivity contribution is 6.10. The van der Waals surface area contributed by atoms with E-state index in [1.807, 2.05) is 6.92 Å². The van der Waals surface area contributed by atoms with E-state index in [0.717, 1.165) is 11.3 Å². The first-order valence-electron chi connectivity index (χ1n) is 6.47. The quantitative estimate of drug-likeness (QED) is 0.484. The molecule has 21 heavy (non-hydrogen) atoms. The van der Waals surface area contributed by atoms with E-state index in [2.05, 4.69) is 4.99 Å². The zero-order chi connectivity index (χ0) is 15.6. The lowest BCUT2D eigenvalue weighted by Crippen LogP contribution is -2.46. The number of carbonyl (C=O) groups is 2. The second kappa shape index (κ2) is 5.55. The van der Waals surface area contributed by atoms with Crippen LogP contribution in [0.1, 0.15) is 19.4 Å². The van der Waals surface area contributed by atoms with Gasteiger partial charge in [0, 0.05) is 20.1 Å². The number of aliphatic imine (C=N–C) groups is 1. The van der Waals surface area contributed by atoms with Crippen molar-refractivity contribution in [1.29, 1.82) is 0 Å². The minimum absolute atomic E-state index is 0.610. The van der Waals surface area contributed by atoms with Crippen molar-refractivity contribution in [2.24, 2.45) is 10.9 Å². The normalized spacial score (nSPS) is 18.5. The van der Waals surface area contributed by atoms with Crippen LogP contribution in [-0.4, -0.2) is 31.1 Å². The van der Waals surface area contributed by atoms with Crippen LogP contribution in [0.5, 0.6) is 5.75 Å². The summed E-state index contributed by atoms with van der Waals surface area (Å²) in [5.74, 6) is -2.95. The maximum absolute atomic E-state index is 11.8. The van der Waals surface area contributed by atoms with Gasteiger partial charge in [-0.2, -0.15) is 0 Å². The third-order valence-electron chi connectivity index (χ3n) is 2.95. The number of rotatable bonds is 3. The fourth-order valence-electron chi connectivity index (χ4n) is 1.95. The third kappa shape index (κ3) is 3.39. The first-order chi connectivity index (χ1) is 9.82. The van der Waals surface area contributed by atoms with Gasteiger partial charge in [0.1, 0.15) is 5.75 Å². The molecular weight excluding hydrogens is 274 g/mol. The molecule has 1 saturated heterocycles. The lowest BCUT2D eigenvalue weighted by atomic mass is 10.1.